The summed E-state index contributed by atoms with van der Waals surface area (Å²) in [5.41, 5.74) is 0.0182. The minimum absolute atomic E-state index is 0.0182. The monoisotopic (exact) mass is 267 g/mol. The average molecular weight is 268 g/mol. The Hall–Kier alpha value is -2.08. The second-order valence-corrected chi connectivity index (χ2v) is 3.98. The molecule has 0 aliphatic heterocycles. The fraction of sp³-hybridized carbons (Fsp3) is 0.182. The summed E-state index contributed by atoms with van der Waals surface area (Å²) in [6, 6.07) is 4.56. The first kappa shape index (κ1) is 12.4. The Balaban J connectivity index is 2.24. The Morgan fingerprint density at radius 3 is 2.94 bits per heavy atom. The number of nitrogens with zero attached hydrogens (tertiary/aromatic N) is 3. The molecule has 2 rings (SSSR count). The van der Waals surface area contributed by atoms with Gasteiger partial charge in [0, 0.05) is 7.05 Å². The van der Waals surface area contributed by atoms with E-state index in [1.165, 1.54) is 12.4 Å². The van der Waals surface area contributed by atoms with Gasteiger partial charge in [-0.1, -0.05) is 17.7 Å². The molecule has 0 saturated carbocycles. The second-order valence-electron chi connectivity index (χ2n) is 3.57. The van der Waals surface area contributed by atoms with Crippen molar-refractivity contribution in [3.05, 3.63) is 40.9 Å². The minimum atomic E-state index is -1.09. The molecule has 0 aliphatic rings. The molecule has 18 heavy (non-hydrogen) atoms. The molecule has 7 heteroatoms. The number of hydrogen-bond acceptors (Lipinski definition) is 4. The molecule has 0 unspecified atom stereocenters. The number of halogens is 1. The maximum Gasteiger partial charge on any atom is 0.339 e. The van der Waals surface area contributed by atoms with Crippen molar-refractivity contribution in [2.75, 3.05) is 0 Å². The van der Waals surface area contributed by atoms with E-state index < -0.39 is 5.97 Å². The second kappa shape index (κ2) is 5.05. The summed E-state index contributed by atoms with van der Waals surface area (Å²) < 4.78 is 7.10. The highest BCUT2D eigenvalue weighted by molar-refractivity contribution is 6.32. The third-order valence-corrected chi connectivity index (χ3v) is 2.65. The van der Waals surface area contributed by atoms with Gasteiger partial charge in [0.1, 0.15) is 18.5 Å². The van der Waals surface area contributed by atoms with E-state index in [1.54, 1.807) is 23.7 Å². The van der Waals surface area contributed by atoms with E-state index in [2.05, 4.69) is 10.2 Å². The standard InChI is InChI=1S/C11H10ClN3O3/c1-15-6-13-14-9(15)5-18-10-7(11(16)17)3-2-4-8(10)12/h2-4,6H,5H2,1H3,(H,16,17). The zero-order valence-corrected chi connectivity index (χ0v) is 10.3. The van der Waals surface area contributed by atoms with Crippen molar-refractivity contribution < 1.29 is 14.6 Å². The fourth-order valence-corrected chi connectivity index (χ4v) is 1.63. The quantitative estimate of drug-likeness (QED) is 0.913. The maximum atomic E-state index is 11.0. The van der Waals surface area contributed by atoms with Crippen molar-refractivity contribution in [1.29, 1.82) is 0 Å². The first-order valence-electron chi connectivity index (χ1n) is 5.07. The summed E-state index contributed by atoms with van der Waals surface area (Å²) in [6.45, 7) is 0.0977. The Kier molecular flexibility index (Phi) is 3.47. The molecule has 1 N–H and O–H groups in total. The number of carboxylic acids is 1. The Morgan fingerprint density at radius 1 is 1.56 bits per heavy atom. The van der Waals surface area contributed by atoms with Gasteiger partial charge in [0.25, 0.3) is 0 Å². The molecule has 94 valence electrons. The van der Waals surface area contributed by atoms with Crippen molar-refractivity contribution in [2.45, 2.75) is 6.61 Å². The predicted octanol–water partition coefficient (Wildman–Crippen LogP) is 1.75. The van der Waals surface area contributed by atoms with Gasteiger partial charge in [-0.2, -0.15) is 0 Å². The number of benzene rings is 1. The molecule has 1 heterocycles. The van der Waals surface area contributed by atoms with Gasteiger partial charge in [-0.15, -0.1) is 10.2 Å². The van der Waals surface area contributed by atoms with Crippen LogP contribution in [0.1, 0.15) is 16.2 Å². The molecule has 2 aromatic rings. The highest BCUT2D eigenvalue weighted by Gasteiger charge is 2.15. The number of aryl methyl sites for hydroxylation is 1. The number of hydrogen-bond donors (Lipinski definition) is 1. The van der Waals surface area contributed by atoms with E-state index >= 15 is 0 Å². The Bertz CT molecular complexity index is 583. The third kappa shape index (κ3) is 2.43. The zero-order chi connectivity index (χ0) is 13.1. The smallest absolute Gasteiger partial charge is 0.339 e. The molecule has 0 amide bonds. The Morgan fingerprint density at radius 2 is 2.33 bits per heavy atom. The summed E-state index contributed by atoms with van der Waals surface area (Å²) >= 11 is 5.92. The van der Waals surface area contributed by atoms with E-state index in [4.69, 9.17) is 21.4 Å². The van der Waals surface area contributed by atoms with Crippen LogP contribution in [0.2, 0.25) is 5.02 Å². The van der Waals surface area contributed by atoms with Crippen LogP contribution < -0.4 is 4.74 Å². The number of ether oxygens (including phenoxy) is 1. The molecule has 1 aromatic carbocycles. The van der Waals surface area contributed by atoms with Gasteiger partial charge >= 0.3 is 5.97 Å². The number of carboxylic acid groups (broad SMARTS) is 1. The van der Waals surface area contributed by atoms with Gasteiger partial charge in [0.2, 0.25) is 0 Å². The van der Waals surface area contributed by atoms with Gasteiger partial charge in [-0.3, -0.25) is 0 Å². The van der Waals surface area contributed by atoms with Gasteiger partial charge in [-0.05, 0) is 12.1 Å². The fourth-order valence-electron chi connectivity index (χ4n) is 1.40. The van der Waals surface area contributed by atoms with E-state index in [1.807, 2.05) is 0 Å². The van der Waals surface area contributed by atoms with Crippen molar-refractivity contribution in [1.82, 2.24) is 14.8 Å². The lowest BCUT2D eigenvalue weighted by atomic mass is 10.2. The molecule has 0 spiro atoms. The molecular formula is C11H10ClN3O3. The van der Waals surface area contributed by atoms with E-state index in [0.717, 1.165) is 0 Å². The predicted molar refractivity (Wildman–Crippen MR) is 63.7 cm³/mol. The molecular weight excluding hydrogens is 258 g/mol. The number of aromatic nitrogens is 3. The van der Waals surface area contributed by atoms with Crippen molar-refractivity contribution in [2.24, 2.45) is 7.05 Å². The highest BCUT2D eigenvalue weighted by Crippen LogP contribution is 2.29. The maximum absolute atomic E-state index is 11.0. The molecule has 0 aliphatic carbocycles. The van der Waals surface area contributed by atoms with Crippen LogP contribution in [0.3, 0.4) is 0 Å². The zero-order valence-electron chi connectivity index (χ0n) is 9.50. The number of carbonyl (C=O) groups is 1. The normalized spacial score (nSPS) is 10.3. The number of rotatable bonds is 4. The molecule has 1 aromatic heterocycles. The lowest BCUT2D eigenvalue weighted by molar-refractivity contribution is 0.0691. The van der Waals surface area contributed by atoms with Crippen LogP contribution in [-0.4, -0.2) is 25.8 Å². The van der Waals surface area contributed by atoms with Crippen LogP contribution >= 0.6 is 11.6 Å². The summed E-state index contributed by atoms with van der Waals surface area (Å²) in [4.78, 5) is 11.0. The van der Waals surface area contributed by atoms with Crippen LogP contribution in [0.25, 0.3) is 0 Å². The van der Waals surface area contributed by atoms with Crippen LogP contribution in [0, 0.1) is 0 Å². The van der Waals surface area contributed by atoms with Crippen LogP contribution in [0.15, 0.2) is 24.5 Å². The minimum Gasteiger partial charge on any atom is -0.483 e. The van der Waals surface area contributed by atoms with Gasteiger partial charge in [-0.25, -0.2) is 4.79 Å². The van der Waals surface area contributed by atoms with Gasteiger partial charge in [0.05, 0.1) is 5.02 Å². The first-order chi connectivity index (χ1) is 8.59. The Labute approximate surface area is 108 Å². The average Bonchev–Trinajstić information content (AvgIpc) is 2.73. The molecule has 0 bridgehead atoms. The lowest BCUT2D eigenvalue weighted by Crippen LogP contribution is -2.07. The lowest BCUT2D eigenvalue weighted by Gasteiger charge is -2.10. The SMILES string of the molecule is Cn1cnnc1COc1c(Cl)cccc1C(=O)O. The van der Waals surface area contributed by atoms with E-state index in [-0.39, 0.29) is 22.9 Å². The molecule has 0 radical (unpaired) electrons. The third-order valence-electron chi connectivity index (χ3n) is 2.35. The molecule has 6 nitrogen and oxygen atoms in total. The van der Waals surface area contributed by atoms with Crippen LogP contribution in [0.4, 0.5) is 0 Å². The molecule has 0 fully saturated rings. The summed E-state index contributed by atoms with van der Waals surface area (Å²) in [5.74, 6) is -0.383. The van der Waals surface area contributed by atoms with E-state index in [0.29, 0.717) is 5.82 Å². The van der Waals surface area contributed by atoms with Gasteiger partial charge < -0.3 is 14.4 Å². The van der Waals surface area contributed by atoms with Crippen molar-refractivity contribution in [3.8, 4) is 5.75 Å². The largest absolute Gasteiger partial charge is 0.483 e. The van der Waals surface area contributed by atoms with Crippen molar-refractivity contribution >= 4 is 17.6 Å². The summed E-state index contributed by atoms with van der Waals surface area (Å²) in [7, 11) is 1.77. The molecule has 0 atom stereocenters. The highest BCUT2D eigenvalue weighted by atomic mass is 35.5. The van der Waals surface area contributed by atoms with E-state index in [9.17, 15) is 4.79 Å². The number of para-hydroxylation sites is 1. The van der Waals surface area contributed by atoms with Crippen LogP contribution in [0.5, 0.6) is 5.75 Å². The number of aromatic carboxylic acids is 1. The summed E-state index contributed by atoms with van der Waals surface area (Å²) in [5, 5.41) is 16.8. The summed E-state index contributed by atoms with van der Waals surface area (Å²) in [6.07, 6.45) is 1.53. The molecule has 0 saturated heterocycles. The topological polar surface area (TPSA) is 77.2 Å². The van der Waals surface area contributed by atoms with Crippen LogP contribution in [-0.2, 0) is 13.7 Å². The first-order valence-corrected chi connectivity index (χ1v) is 5.45. The van der Waals surface area contributed by atoms with Crippen molar-refractivity contribution in [3.63, 3.8) is 0 Å². The van der Waals surface area contributed by atoms with Gasteiger partial charge in [0.15, 0.2) is 11.6 Å².